The largest absolute Gasteiger partial charge is 0.376 e. The molecule has 0 spiro atoms. The smallest absolute Gasteiger partial charge is 0.193 e. The molecule has 31 heavy (non-hydrogen) atoms. The Balaban J connectivity index is 0.00000341. The second kappa shape index (κ2) is 12.6. The lowest BCUT2D eigenvalue weighted by atomic mass is 9.84. The predicted octanol–water partition coefficient (Wildman–Crippen LogP) is 5.00. The van der Waals surface area contributed by atoms with E-state index in [9.17, 15) is 4.39 Å². The number of hydrogen-bond donors (Lipinski definition) is 1. The van der Waals surface area contributed by atoms with Crippen LogP contribution in [-0.2, 0) is 14.9 Å². The molecule has 1 unspecified atom stereocenters. The highest BCUT2D eigenvalue weighted by Gasteiger charge is 2.27. The van der Waals surface area contributed by atoms with Gasteiger partial charge < -0.3 is 19.7 Å². The zero-order valence-corrected chi connectivity index (χ0v) is 21.9. The average Bonchev–Trinajstić information content (AvgIpc) is 3.23. The lowest BCUT2D eigenvalue weighted by molar-refractivity contribution is -0.0367. The van der Waals surface area contributed by atoms with Crippen molar-refractivity contribution in [2.24, 2.45) is 4.99 Å². The summed E-state index contributed by atoms with van der Waals surface area (Å²) in [5.41, 5.74) is 0.611. The molecule has 0 aromatic heterocycles. The van der Waals surface area contributed by atoms with Crippen molar-refractivity contribution >= 4 is 41.5 Å². The van der Waals surface area contributed by atoms with Crippen molar-refractivity contribution in [3.8, 4) is 0 Å². The van der Waals surface area contributed by atoms with Gasteiger partial charge in [-0.05, 0) is 50.3 Å². The molecular weight excluding hydrogens is 532 g/mol. The third-order valence-corrected chi connectivity index (χ3v) is 6.22. The molecule has 176 valence electrons. The van der Waals surface area contributed by atoms with Gasteiger partial charge in [0.2, 0.25) is 0 Å². The van der Waals surface area contributed by atoms with Gasteiger partial charge in [-0.25, -0.2) is 4.39 Å². The molecule has 0 bridgehead atoms. The van der Waals surface area contributed by atoms with Crippen molar-refractivity contribution < 1.29 is 13.9 Å². The standard InChI is InChI=1S/C23H35ClFN3O2.HI/c1-4-26-22(27-16-23(2,3)20-8-7-17(25)14-21(20)24)28-11-9-18(10-12-28)30-15-19-6-5-13-29-19;/h7-8,14,18-19H,4-6,9-13,15-16H2,1-3H3,(H,26,27);1H. The molecule has 0 aliphatic carbocycles. The fourth-order valence-corrected chi connectivity index (χ4v) is 4.50. The number of rotatable bonds is 7. The SMILES string of the molecule is CCNC(=NCC(C)(C)c1ccc(F)cc1Cl)N1CCC(OCC2CCCO2)CC1.I. The van der Waals surface area contributed by atoms with Gasteiger partial charge in [0.15, 0.2) is 5.96 Å². The topological polar surface area (TPSA) is 46.1 Å². The molecule has 3 rings (SSSR count). The van der Waals surface area contributed by atoms with Crippen LogP contribution >= 0.6 is 35.6 Å². The molecule has 2 aliphatic heterocycles. The lowest BCUT2D eigenvalue weighted by Gasteiger charge is -2.35. The molecule has 1 atom stereocenters. The highest BCUT2D eigenvalue weighted by Crippen LogP contribution is 2.31. The maximum Gasteiger partial charge on any atom is 0.193 e. The van der Waals surface area contributed by atoms with Gasteiger partial charge in [0, 0.05) is 36.7 Å². The number of likely N-dealkylation sites (tertiary alicyclic amines) is 1. The quantitative estimate of drug-likeness (QED) is 0.286. The molecule has 0 radical (unpaired) electrons. The third-order valence-electron chi connectivity index (χ3n) is 5.90. The summed E-state index contributed by atoms with van der Waals surface area (Å²) in [7, 11) is 0. The number of hydrogen-bond acceptors (Lipinski definition) is 3. The van der Waals surface area contributed by atoms with E-state index < -0.39 is 0 Å². The van der Waals surface area contributed by atoms with E-state index in [1.165, 1.54) is 12.1 Å². The Morgan fingerprint density at radius 1 is 1.32 bits per heavy atom. The first-order valence-electron chi connectivity index (χ1n) is 11.1. The van der Waals surface area contributed by atoms with E-state index in [2.05, 4.69) is 31.0 Å². The van der Waals surface area contributed by atoms with Crippen molar-refractivity contribution in [3.05, 3.63) is 34.6 Å². The molecular formula is C23H36ClFIN3O2. The van der Waals surface area contributed by atoms with Crippen LogP contribution in [0.1, 0.15) is 52.0 Å². The normalized spacial score (nSPS) is 20.6. The summed E-state index contributed by atoms with van der Waals surface area (Å²) in [5.74, 6) is 0.599. The minimum absolute atomic E-state index is 0. The van der Waals surface area contributed by atoms with Gasteiger partial charge >= 0.3 is 0 Å². The van der Waals surface area contributed by atoms with Crippen LogP contribution in [0.15, 0.2) is 23.2 Å². The van der Waals surface area contributed by atoms with Crippen molar-refractivity contribution in [3.63, 3.8) is 0 Å². The van der Waals surface area contributed by atoms with Crippen molar-refractivity contribution in [2.45, 2.75) is 64.1 Å². The Bertz CT molecular complexity index is 721. The number of aliphatic imine (C=N–C) groups is 1. The van der Waals surface area contributed by atoms with Crippen LogP contribution in [0.25, 0.3) is 0 Å². The van der Waals surface area contributed by atoms with Gasteiger partial charge in [0.25, 0.3) is 0 Å². The Kier molecular flexibility index (Phi) is 10.8. The van der Waals surface area contributed by atoms with Gasteiger partial charge in [-0.3, -0.25) is 4.99 Å². The molecule has 2 saturated heterocycles. The fourth-order valence-electron chi connectivity index (χ4n) is 4.08. The summed E-state index contributed by atoms with van der Waals surface area (Å²) >= 11 is 6.29. The van der Waals surface area contributed by atoms with E-state index in [1.54, 1.807) is 6.07 Å². The van der Waals surface area contributed by atoms with Crippen LogP contribution in [-0.4, -0.2) is 62.5 Å². The Labute approximate surface area is 208 Å². The van der Waals surface area contributed by atoms with E-state index >= 15 is 0 Å². The number of benzene rings is 1. The van der Waals surface area contributed by atoms with Gasteiger partial charge in [-0.1, -0.05) is 31.5 Å². The van der Waals surface area contributed by atoms with Crippen LogP contribution < -0.4 is 5.32 Å². The van der Waals surface area contributed by atoms with E-state index in [1.807, 2.05) is 0 Å². The zero-order chi connectivity index (χ0) is 21.6. The van der Waals surface area contributed by atoms with Gasteiger partial charge in [0.05, 0.1) is 25.4 Å². The van der Waals surface area contributed by atoms with E-state index in [4.69, 9.17) is 26.1 Å². The molecule has 2 heterocycles. The van der Waals surface area contributed by atoms with E-state index in [-0.39, 0.29) is 41.3 Å². The zero-order valence-electron chi connectivity index (χ0n) is 18.8. The Hall–Kier alpha value is -0.640. The fraction of sp³-hybridized carbons (Fsp3) is 0.696. The predicted molar refractivity (Wildman–Crippen MR) is 135 cm³/mol. The van der Waals surface area contributed by atoms with Crippen molar-refractivity contribution in [2.75, 3.05) is 39.4 Å². The third kappa shape index (κ3) is 7.72. The first-order valence-corrected chi connectivity index (χ1v) is 11.5. The molecule has 1 N–H and O–H groups in total. The minimum Gasteiger partial charge on any atom is -0.376 e. The summed E-state index contributed by atoms with van der Waals surface area (Å²) in [6.07, 6.45) is 4.82. The summed E-state index contributed by atoms with van der Waals surface area (Å²) in [6.45, 7) is 11.0. The molecule has 0 amide bonds. The first-order chi connectivity index (χ1) is 14.4. The van der Waals surface area contributed by atoms with Crippen LogP contribution in [0.4, 0.5) is 4.39 Å². The summed E-state index contributed by atoms with van der Waals surface area (Å²) in [6, 6.07) is 4.59. The first kappa shape index (κ1) is 26.6. The number of ether oxygens (including phenoxy) is 2. The number of guanidine groups is 1. The summed E-state index contributed by atoms with van der Waals surface area (Å²) in [4.78, 5) is 7.20. The second-order valence-electron chi connectivity index (χ2n) is 8.83. The lowest BCUT2D eigenvalue weighted by Crippen LogP contribution is -2.47. The monoisotopic (exact) mass is 567 g/mol. The van der Waals surface area contributed by atoms with E-state index in [0.29, 0.717) is 24.3 Å². The summed E-state index contributed by atoms with van der Waals surface area (Å²) < 4.78 is 25.2. The number of piperidine rings is 1. The number of nitrogens with zero attached hydrogens (tertiary/aromatic N) is 2. The molecule has 8 heteroatoms. The molecule has 2 fully saturated rings. The van der Waals surface area contributed by atoms with Crippen molar-refractivity contribution in [1.82, 2.24) is 10.2 Å². The molecule has 1 aromatic carbocycles. The maximum absolute atomic E-state index is 13.4. The second-order valence-corrected chi connectivity index (χ2v) is 9.24. The van der Waals surface area contributed by atoms with Gasteiger partial charge in [0.1, 0.15) is 5.82 Å². The average molecular weight is 568 g/mol. The number of nitrogens with one attached hydrogen (secondary N) is 1. The molecule has 5 nitrogen and oxygen atoms in total. The van der Waals surface area contributed by atoms with Crippen LogP contribution in [0, 0.1) is 5.82 Å². The minimum atomic E-state index is -0.319. The van der Waals surface area contributed by atoms with Crippen molar-refractivity contribution in [1.29, 1.82) is 0 Å². The van der Waals surface area contributed by atoms with Gasteiger partial charge in [-0.15, -0.1) is 24.0 Å². The van der Waals surface area contributed by atoms with Gasteiger partial charge in [-0.2, -0.15) is 0 Å². The van der Waals surface area contributed by atoms with Crippen LogP contribution in [0.3, 0.4) is 0 Å². The summed E-state index contributed by atoms with van der Waals surface area (Å²) in [5, 5.41) is 3.86. The molecule has 0 saturated carbocycles. The maximum atomic E-state index is 13.4. The Morgan fingerprint density at radius 2 is 2.06 bits per heavy atom. The van der Waals surface area contributed by atoms with Crippen LogP contribution in [0.5, 0.6) is 0 Å². The van der Waals surface area contributed by atoms with Crippen LogP contribution in [0.2, 0.25) is 5.02 Å². The molecule has 2 aliphatic rings. The number of halogens is 3. The molecule has 1 aromatic rings. The van der Waals surface area contributed by atoms with E-state index in [0.717, 1.165) is 63.4 Å². The highest BCUT2D eigenvalue weighted by molar-refractivity contribution is 14.0. The Morgan fingerprint density at radius 3 is 2.68 bits per heavy atom. The highest BCUT2D eigenvalue weighted by atomic mass is 127.